The molecule has 2 aliphatic rings. The predicted molar refractivity (Wildman–Crippen MR) is 124 cm³/mol. The van der Waals surface area contributed by atoms with E-state index in [-0.39, 0.29) is 24.0 Å². The number of halogens is 1. The van der Waals surface area contributed by atoms with Gasteiger partial charge < -0.3 is 16.0 Å². The summed E-state index contributed by atoms with van der Waals surface area (Å²) in [5.74, 6) is 2.45. The molecule has 7 heteroatoms. The number of likely N-dealkylation sites (tertiary alicyclic amines) is 1. The molecule has 0 saturated carbocycles. The molecule has 6 nitrogen and oxygen atoms in total. The zero-order valence-electron chi connectivity index (χ0n) is 16.7. The third kappa shape index (κ3) is 6.48. The van der Waals surface area contributed by atoms with Crippen LogP contribution in [0.25, 0.3) is 0 Å². The number of piperidine rings is 1. The van der Waals surface area contributed by atoms with Crippen LogP contribution in [0.1, 0.15) is 45.1 Å². The Kier molecular flexibility index (Phi) is 9.08. The molecule has 152 valence electrons. The van der Waals surface area contributed by atoms with E-state index in [0.29, 0.717) is 18.5 Å². The average molecular weight is 486 g/mol. The molecule has 3 heterocycles. The number of hydrogen-bond donors (Lipinski definition) is 2. The number of guanidine groups is 1. The summed E-state index contributed by atoms with van der Waals surface area (Å²) in [6, 6.07) is 4.82. The second kappa shape index (κ2) is 11.0. The summed E-state index contributed by atoms with van der Waals surface area (Å²) in [6.07, 6.45) is 6.97. The molecule has 1 unspecified atom stereocenters. The van der Waals surface area contributed by atoms with Gasteiger partial charge in [0, 0.05) is 31.9 Å². The number of nitrogens with one attached hydrogen (secondary N) is 1. The Balaban J connectivity index is 0.00000261. The molecule has 27 heavy (non-hydrogen) atoms. The summed E-state index contributed by atoms with van der Waals surface area (Å²) in [7, 11) is 0. The maximum Gasteiger partial charge on any atom is 0.188 e. The molecule has 0 spiro atoms. The van der Waals surface area contributed by atoms with E-state index in [1.54, 1.807) is 0 Å². The van der Waals surface area contributed by atoms with Crippen LogP contribution in [0.3, 0.4) is 0 Å². The fourth-order valence-corrected chi connectivity index (χ4v) is 3.93. The number of nitrogens with zero attached hydrogens (tertiary/aromatic N) is 4. The predicted octanol–water partition coefficient (Wildman–Crippen LogP) is 2.82. The lowest BCUT2D eigenvalue weighted by Crippen LogP contribution is -2.42. The van der Waals surface area contributed by atoms with Gasteiger partial charge in [0.15, 0.2) is 5.96 Å². The standard InChI is InChI=1S/C20H34N6.HI/c1-3-25-10-4-5-18(25)15-24-20(21)23-14-17-6-7-19(22-13-17)26-11-8-16(2)9-12-26;/h6-7,13,16,18H,3-5,8-12,14-15H2,1-2H3,(H3,21,23,24);1H. The molecule has 0 bridgehead atoms. The molecule has 2 saturated heterocycles. The van der Waals surface area contributed by atoms with Gasteiger partial charge in [0.05, 0.1) is 6.54 Å². The number of pyridine rings is 1. The Bertz CT molecular complexity index is 583. The minimum atomic E-state index is 0. The molecule has 1 aromatic heterocycles. The number of anilines is 1. The normalized spacial score (nSPS) is 21.9. The molecule has 3 rings (SSSR count). The summed E-state index contributed by atoms with van der Waals surface area (Å²) >= 11 is 0. The largest absolute Gasteiger partial charge is 0.370 e. The zero-order valence-corrected chi connectivity index (χ0v) is 19.1. The van der Waals surface area contributed by atoms with Gasteiger partial charge in [-0.05, 0) is 56.3 Å². The highest BCUT2D eigenvalue weighted by Crippen LogP contribution is 2.21. The van der Waals surface area contributed by atoms with Gasteiger partial charge in [-0.25, -0.2) is 9.98 Å². The third-order valence-electron chi connectivity index (χ3n) is 5.77. The lowest BCUT2D eigenvalue weighted by atomic mass is 9.99. The molecular weight excluding hydrogens is 451 g/mol. The topological polar surface area (TPSA) is 69.8 Å². The van der Waals surface area contributed by atoms with Crippen molar-refractivity contribution in [1.29, 1.82) is 0 Å². The van der Waals surface area contributed by atoms with Crippen LogP contribution in [0.15, 0.2) is 23.3 Å². The van der Waals surface area contributed by atoms with Crippen molar-refractivity contribution in [3.8, 4) is 0 Å². The minimum absolute atomic E-state index is 0. The van der Waals surface area contributed by atoms with Crippen molar-refractivity contribution in [2.45, 2.75) is 52.1 Å². The van der Waals surface area contributed by atoms with E-state index in [0.717, 1.165) is 43.5 Å². The van der Waals surface area contributed by atoms with Crippen LogP contribution in [0.4, 0.5) is 5.82 Å². The second-order valence-electron chi connectivity index (χ2n) is 7.70. The summed E-state index contributed by atoms with van der Waals surface area (Å²) in [4.78, 5) is 14.0. The fraction of sp³-hybridized carbons (Fsp3) is 0.700. The van der Waals surface area contributed by atoms with E-state index in [9.17, 15) is 0 Å². The average Bonchev–Trinajstić information content (AvgIpc) is 3.13. The van der Waals surface area contributed by atoms with Crippen LogP contribution >= 0.6 is 24.0 Å². The van der Waals surface area contributed by atoms with Crippen LogP contribution in [0.5, 0.6) is 0 Å². The smallest absolute Gasteiger partial charge is 0.188 e. The van der Waals surface area contributed by atoms with E-state index in [1.165, 1.54) is 32.2 Å². The lowest BCUT2D eigenvalue weighted by Gasteiger charge is -2.31. The zero-order chi connectivity index (χ0) is 18.4. The monoisotopic (exact) mass is 486 g/mol. The molecule has 0 aliphatic carbocycles. The third-order valence-corrected chi connectivity index (χ3v) is 5.77. The summed E-state index contributed by atoms with van der Waals surface area (Å²) in [5, 5.41) is 3.28. The molecule has 2 fully saturated rings. The van der Waals surface area contributed by atoms with E-state index >= 15 is 0 Å². The number of aromatic nitrogens is 1. The first-order valence-electron chi connectivity index (χ1n) is 10.1. The highest BCUT2D eigenvalue weighted by molar-refractivity contribution is 14.0. The number of likely N-dealkylation sites (N-methyl/N-ethyl adjacent to an activating group) is 1. The Hall–Kier alpha value is -1.09. The quantitative estimate of drug-likeness (QED) is 0.368. The molecule has 1 atom stereocenters. The van der Waals surface area contributed by atoms with E-state index in [2.05, 4.69) is 51.1 Å². The highest BCUT2D eigenvalue weighted by atomic mass is 127. The summed E-state index contributed by atoms with van der Waals surface area (Å²) < 4.78 is 0. The molecular formula is C20H35IN6. The van der Waals surface area contributed by atoms with Gasteiger partial charge in [-0.3, -0.25) is 4.90 Å². The van der Waals surface area contributed by atoms with Gasteiger partial charge >= 0.3 is 0 Å². The molecule has 0 amide bonds. The van der Waals surface area contributed by atoms with Crippen LogP contribution in [-0.4, -0.2) is 54.6 Å². The molecule has 3 N–H and O–H groups in total. The Morgan fingerprint density at radius 2 is 2.04 bits per heavy atom. The van der Waals surface area contributed by atoms with Crippen molar-refractivity contribution >= 4 is 35.8 Å². The summed E-state index contributed by atoms with van der Waals surface area (Å²) in [6.45, 7) is 10.5. The van der Waals surface area contributed by atoms with Crippen LogP contribution in [-0.2, 0) is 6.54 Å². The lowest BCUT2D eigenvalue weighted by molar-refractivity contribution is 0.267. The van der Waals surface area contributed by atoms with Crippen molar-refractivity contribution in [3.05, 3.63) is 23.9 Å². The van der Waals surface area contributed by atoms with Crippen molar-refractivity contribution in [2.75, 3.05) is 37.6 Å². The van der Waals surface area contributed by atoms with Crippen molar-refractivity contribution in [3.63, 3.8) is 0 Å². The first-order valence-corrected chi connectivity index (χ1v) is 10.1. The van der Waals surface area contributed by atoms with E-state index in [1.807, 2.05) is 6.20 Å². The molecule has 2 aliphatic heterocycles. The van der Waals surface area contributed by atoms with Gasteiger partial charge in [-0.15, -0.1) is 24.0 Å². The SMILES string of the molecule is CCN1CCCC1CNC(N)=NCc1ccc(N2CCC(C)CC2)nc1.I. The maximum absolute atomic E-state index is 6.04. The molecule has 1 aromatic rings. The minimum Gasteiger partial charge on any atom is -0.370 e. The first-order chi connectivity index (χ1) is 12.7. The summed E-state index contributed by atoms with van der Waals surface area (Å²) in [5.41, 5.74) is 7.14. The van der Waals surface area contributed by atoms with Crippen LogP contribution in [0, 0.1) is 5.92 Å². The Labute approximate surface area is 181 Å². The fourth-order valence-electron chi connectivity index (χ4n) is 3.93. The van der Waals surface area contributed by atoms with Crippen molar-refractivity contribution in [1.82, 2.24) is 15.2 Å². The van der Waals surface area contributed by atoms with Gasteiger partial charge in [0.1, 0.15) is 5.82 Å². The number of rotatable bonds is 6. The van der Waals surface area contributed by atoms with Gasteiger partial charge in [-0.2, -0.15) is 0 Å². The molecule has 0 aromatic carbocycles. The first kappa shape index (κ1) is 22.2. The number of aliphatic imine (C=N–C) groups is 1. The number of nitrogens with two attached hydrogens (primary N) is 1. The van der Waals surface area contributed by atoms with Crippen LogP contribution < -0.4 is 16.0 Å². The Morgan fingerprint density at radius 3 is 2.70 bits per heavy atom. The van der Waals surface area contributed by atoms with E-state index < -0.39 is 0 Å². The van der Waals surface area contributed by atoms with Crippen molar-refractivity contribution < 1.29 is 0 Å². The Morgan fingerprint density at radius 1 is 1.26 bits per heavy atom. The van der Waals surface area contributed by atoms with Gasteiger partial charge in [0.2, 0.25) is 0 Å². The maximum atomic E-state index is 6.04. The second-order valence-corrected chi connectivity index (χ2v) is 7.70. The number of hydrogen-bond acceptors (Lipinski definition) is 4. The van der Waals surface area contributed by atoms with Crippen molar-refractivity contribution in [2.24, 2.45) is 16.6 Å². The van der Waals surface area contributed by atoms with Gasteiger partial charge in [0.25, 0.3) is 0 Å². The van der Waals surface area contributed by atoms with E-state index in [4.69, 9.17) is 5.73 Å². The highest BCUT2D eigenvalue weighted by Gasteiger charge is 2.22. The van der Waals surface area contributed by atoms with Gasteiger partial charge in [-0.1, -0.05) is 19.9 Å². The van der Waals surface area contributed by atoms with Crippen LogP contribution in [0.2, 0.25) is 0 Å². The molecule has 0 radical (unpaired) electrons.